The normalized spacial score (nSPS) is 20.9. The maximum Gasteiger partial charge on any atom is 0.123 e. The number of aryl methyl sites for hydroxylation is 2. The summed E-state index contributed by atoms with van der Waals surface area (Å²) >= 11 is 0. The molecular formula is C30H34O3. The first-order valence-electron chi connectivity index (χ1n) is 12.1. The third-order valence-corrected chi connectivity index (χ3v) is 7.78. The van der Waals surface area contributed by atoms with Crippen LogP contribution in [0.2, 0.25) is 0 Å². The second-order valence-electron chi connectivity index (χ2n) is 10.9. The molecule has 0 heterocycles. The number of fused-ring (bicyclic) bond motifs is 6. The number of hydrogen-bond donors (Lipinski definition) is 3. The number of rotatable bonds is 2. The molecule has 5 rings (SSSR count). The van der Waals surface area contributed by atoms with Crippen LogP contribution in [0, 0.1) is 25.7 Å². The number of benzene rings is 3. The van der Waals surface area contributed by atoms with Gasteiger partial charge < -0.3 is 15.3 Å². The summed E-state index contributed by atoms with van der Waals surface area (Å²) in [5.41, 5.74) is 9.97. The van der Waals surface area contributed by atoms with Crippen molar-refractivity contribution < 1.29 is 15.3 Å². The van der Waals surface area contributed by atoms with Gasteiger partial charge in [0.1, 0.15) is 11.5 Å². The molecule has 3 atom stereocenters. The highest BCUT2D eigenvalue weighted by molar-refractivity contribution is 5.87. The van der Waals surface area contributed by atoms with Crippen molar-refractivity contribution in [3.8, 4) is 33.8 Å². The molecule has 0 spiro atoms. The zero-order chi connectivity index (χ0) is 23.8. The van der Waals surface area contributed by atoms with Crippen molar-refractivity contribution in [1.29, 1.82) is 0 Å². The minimum Gasteiger partial charge on any atom is -0.507 e. The first-order valence-corrected chi connectivity index (χ1v) is 12.1. The molecule has 2 aliphatic rings. The van der Waals surface area contributed by atoms with E-state index < -0.39 is 6.10 Å². The number of hydrogen-bond acceptors (Lipinski definition) is 3. The van der Waals surface area contributed by atoms with E-state index in [4.69, 9.17) is 0 Å². The standard InChI is InChI=1S/C30H34O3/c1-14(2)19-11-18-12-22-23(13-20(18)28-21(19)7-16(5)9-25(28)31)30(33)27(15(3)4)24-8-17(6)10-26(32)29(22)24/h7-10,12-15,19,27,30-33H,11H2,1-6H3/t19?,27-,30+/m0/s1. The molecule has 0 saturated carbocycles. The molecule has 0 radical (unpaired) electrons. The van der Waals surface area contributed by atoms with Crippen molar-refractivity contribution in [3.05, 3.63) is 69.8 Å². The summed E-state index contributed by atoms with van der Waals surface area (Å²) in [6.45, 7) is 12.7. The summed E-state index contributed by atoms with van der Waals surface area (Å²) in [6, 6.07) is 12.2. The van der Waals surface area contributed by atoms with E-state index in [1.165, 1.54) is 11.1 Å². The van der Waals surface area contributed by atoms with Gasteiger partial charge in [0.05, 0.1) is 6.10 Å². The van der Waals surface area contributed by atoms with Gasteiger partial charge in [-0.2, -0.15) is 0 Å². The van der Waals surface area contributed by atoms with Crippen LogP contribution in [0.5, 0.6) is 11.5 Å². The number of phenols is 2. The van der Waals surface area contributed by atoms with Crippen molar-refractivity contribution in [1.82, 2.24) is 0 Å². The minimum atomic E-state index is -0.669. The Hall–Kier alpha value is -2.78. The molecule has 0 bridgehead atoms. The highest BCUT2D eigenvalue weighted by Crippen LogP contribution is 2.55. The molecule has 2 aliphatic carbocycles. The van der Waals surface area contributed by atoms with Gasteiger partial charge in [-0.05, 0) is 107 Å². The maximum atomic E-state index is 11.6. The molecule has 3 N–H and O–H groups in total. The third-order valence-electron chi connectivity index (χ3n) is 7.78. The van der Waals surface area contributed by atoms with Gasteiger partial charge in [0.2, 0.25) is 0 Å². The molecular weight excluding hydrogens is 408 g/mol. The van der Waals surface area contributed by atoms with E-state index in [1.807, 2.05) is 26.0 Å². The van der Waals surface area contributed by atoms with E-state index in [-0.39, 0.29) is 17.6 Å². The van der Waals surface area contributed by atoms with Crippen LogP contribution in [0.25, 0.3) is 22.3 Å². The fraction of sp³-hybridized carbons (Fsp3) is 0.400. The first kappa shape index (κ1) is 22.0. The average molecular weight is 443 g/mol. The van der Waals surface area contributed by atoms with Crippen LogP contribution in [-0.4, -0.2) is 15.3 Å². The Morgan fingerprint density at radius 3 is 1.85 bits per heavy atom. The summed E-state index contributed by atoms with van der Waals surface area (Å²) in [6.07, 6.45) is 0.208. The Balaban J connectivity index is 1.82. The average Bonchev–Trinajstić information content (AvgIpc) is 2.70. The van der Waals surface area contributed by atoms with E-state index in [0.29, 0.717) is 17.6 Å². The highest BCUT2D eigenvalue weighted by Gasteiger charge is 2.38. The number of aliphatic hydroxyl groups excluding tert-OH is 1. The van der Waals surface area contributed by atoms with Gasteiger partial charge in [-0.3, -0.25) is 0 Å². The lowest BCUT2D eigenvalue weighted by Crippen LogP contribution is -2.23. The van der Waals surface area contributed by atoms with E-state index in [0.717, 1.165) is 50.9 Å². The number of aromatic hydroxyl groups is 2. The largest absolute Gasteiger partial charge is 0.507 e. The van der Waals surface area contributed by atoms with Crippen LogP contribution in [0.4, 0.5) is 0 Å². The maximum absolute atomic E-state index is 11.6. The monoisotopic (exact) mass is 442 g/mol. The topological polar surface area (TPSA) is 60.7 Å². The zero-order valence-corrected chi connectivity index (χ0v) is 20.4. The molecule has 0 aliphatic heterocycles. The summed E-state index contributed by atoms with van der Waals surface area (Å²) in [7, 11) is 0. The molecule has 3 heteroatoms. The zero-order valence-electron chi connectivity index (χ0n) is 20.4. The van der Waals surface area contributed by atoms with E-state index in [9.17, 15) is 15.3 Å². The van der Waals surface area contributed by atoms with Crippen LogP contribution < -0.4 is 0 Å². The molecule has 172 valence electrons. The van der Waals surface area contributed by atoms with Crippen molar-refractivity contribution >= 4 is 0 Å². The second-order valence-corrected chi connectivity index (χ2v) is 10.9. The fourth-order valence-electron chi connectivity index (χ4n) is 6.28. The highest BCUT2D eigenvalue weighted by atomic mass is 16.3. The summed E-state index contributed by atoms with van der Waals surface area (Å²) in [4.78, 5) is 0. The summed E-state index contributed by atoms with van der Waals surface area (Å²) in [5.74, 6) is 1.42. The predicted molar refractivity (Wildman–Crippen MR) is 134 cm³/mol. The van der Waals surface area contributed by atoms with Gasteiger partial charge in [-0.1, -0.05) is 39.8 Å². The SMILES string of the molecule is Cc1cc(O)c2c(c1)C(C(C)C)Cc1cc3c(cc1-2)[C@@H](O)[C@@H](C(C)C)c1cc(C)cc(O)c1-3. The summed E-state index contributed by atoms with van der Waals surface area (Å²) in [5, 5.41) is 33.6. The van der Waals surface area contributed by atoms with Gasteiger partial charge in [0.15, 0.2) is 0 Å². The van der Waals surface area contributed by atoms with Crippen molar-refractivity contribution in [2.45, 2.75) is 65.9 Å². The lowest BCUT2D eigenvalue weighted by molar-refractivity contribution is 0.121. The smallest absolute Gasteiger partial charge is 0.123 e. The molecule has 3 nitrogen and oxygen atoms in total. The molecule has 3 aromatic carbocycles. The van der Waals surface area contributed by atoms with Crippen molar-refractivity contribution in [2.24, 2.45) is 11.8 Å². The van der Waals surface area contributed by atoms with Crippen LogP contribution in [-0.2, 0) is 6.42 Å². The Bertz CT molecular complexity index is 1270. The number of aliphatic hydroxyl groups is 1. The van der Waals surface area contributed by atoms with Crippen LogP contribution in [0.15, 0.2) is 36.4 Å². The van der Waals surface area contributed by atoms with E-state index in [1.54, 1.807) is 0 Å². The Labute approximate surface area is 196 Å². The van der Waals surface area contributed by atoms with Crippen LogP contribution in [0.1, 0.15) is 79.0 Å². The molecule has 33 heavy (non-hydrogen) atoms. The van der Waals surface area contributed by atoms with Crippen LogP contribution in [0.3, 0.4) is 0 Å². The van der Waals surface area contributed by atoms with Gasteiger partial charge in [0.25, 0.3) is 0 Å². The Morgan fingerprint density at radius 2 is 1.27 bits per heavy atom. The molecule has 0 saturated heterocycles. The fourth-order valence-corrected chi connectivity index (χ4v) is 6.28. The quantitative estimate of drug-likeness (QED) is 0.395. The van der Waals surface area contributed by atoms with E-state index >= 15 is 0 Å². The number of phenolic OH excluding ortho intramolecular Hbond substituents is 2. The van der Waals surface area contributed by atoms with Crippen molar-refractivity contribution in [3.63, 3.8) is 0 Å². The van der Waals surface area contributed by atoms with Gasteiger partial charge >= 0.3 is 0 Å². The van der Waals surface area contributed by atoms with Crippen molar-refractivity contribution in [2.75, 3.05) is 0 Å². The van der Waals surface area contributed by atoms with Gasteiger partial charge in [0, 0.05) is 17.0 Å². The molecule has 0 aromatic heterocycles. The van der Waals surface area contributed by atoms with Gasteiger partial charge in [-0.25, -0.2) is 0 Å². The molecule has 0 fully saturated rings. The molecule has 0 amide bonds. The van der Waals surface area contributed by atoms with Gasteiger partial charge in [-0.15, -0.1) is 0 Å². The Kier molecular flexibility index (Phi) is 5.10. The minimum absolute atomic E-state index is 0.102. The Morgan fingerprint density at radius 1 is 0.697 bits per heavy atom. The van der Waals surface area contributed by atoms with E-state index in [2.05, 4.69) is 52.0 Å². The predicted octanol–water partition coefficient (Wildman–Crippen LogP) is 7.13. The first-order chi connectivity index (χ1) is 15.6. The lowest BCUT2D eigenvalue weighted by atomic mass is 9.68. The second kappa shape index (κ2) is 7.63. The summed E-state index contributed by atoms with van der Waals surface area (Å²) < 4.78 is 0. The third kappa shape index (κ3) is 3.28. The molecule has 1 unspecified atom stereocenters. The molecule has 3 aromatic rings. The lowest BCUT2D eigenvalue weighted by Gasteiger charge is -2.38. The van der Waals surface area contributed by atoms with Crippen LogP contribution >= 0.6 is 0 Å².